The first-order valence-electron chi connectivity index (χ1n) is 34.4. The van der Waals surface area contributed by atoms with Crippen LogP contribution < -0.4 is 9.80 Å². The van der Waals surface area contributed by atoms with E-state index in [1.54, 1.807) is 0 Å². The molecule has 15 aromatic carbocycles. The minimum absolute atomic E-state index is 0.0281. The Bertz CT molecular complexity index is 5530. The summed E-state index contributed by atoms with van der Waals surface area (Å²) in [5.41, 5.74) is 23.5. The molecule has 0 radical (unpaired) electrons. The lowest BCUT2D eigenvalue weighted by Crippen LogP contribution is -2.54. The van der Waals surface area contributed by atoms with Crippen molar-refractivity contribution in [2.75, 3.05) is 9.80 Å². The van der Waals surface area contributed by atoms with Crippen molar-refractivity contribution >= 4 is 98.2 Å². The van der Waals surface area contributed by atoms with Crippen LogP contribution in [0.5, 0.6) is 0 Å². The van der Waals surface area contributed by atoms with Crippen molar-refractivity contribution in [3.05, 3.63) is 288 Å². The number of hydrogen-bond donors (Lipinski definition) is 0. The Morgan fingerprint density at radius 3 is 1.27 bits per heavy atom. The summed E-state index contributed by atoms with van der Waals surface area (Å²) in [6, 6.07) is 100. The van der Waals surface area contributed by atoms with Crippen molar-refractivity contribution in [1.82, 2.24) is 0 Å². The van der Waals surface area contributed by atoms with E-state index in [1.165, 1.54) is 227 Å². The Morgan fingerprint density at radius 1 is 0.269 bits per heavy atom. The first-order chi connectivity index (χ1) is 45.6. The number of anilines is 4. The number of benzene rings is 15. The average Bonchev–Trinajstić information content (AvgIpc) is 1.64. The molecule has 0 aromatic heterocycles. The maximum atomic E-state index is 2.76. The van der Waals surface area contributed by atoms with Crippen LogP contribution in [0.15, 0.2) is 255 Å². The maximum Gasteiger partial charge on any atom is 0.0726 e. The van der Waals surface area contributed by atoms with Crippen LogP contribution in [0.25, 0.3) is 120 Å². The lowest BCUT2D eigenvalue weighted by atomic mass is 9.61. The molecule has 0 saturated heterocycles. The molecule has 2 heteroatoms. The second-order valence-electron chi connectivity index (χ2n) is 29.6. The van der Waals surface area contributed by atoms with Gasteiger partial charge in [-0.2, -0.15) is 0 Å². The predicted octanol–water partition coefficient (Wildman–Crippen LogP) is 24.4. The molecule has 0 N–H and O–H groups in total. The van der Waals surface area contributed by atoms with Gasteiger partial charge in [-0.05, 0) is 249 Å². The second kappa shape index (κ2) is 18.2. The standard InChI is InChI=1S/C91H70N2/c1-87-44-13-15-46-89(87,3)92(64-24-7-5-8-25-64)85-74-50-57-22-18-29-66(72(57)48-59(74)37-42-77(85)87)61-35-39-68-69-40-36-62(67-30-19-23-58-51-75-60(49-73(58)67)38-43-78-86(75)93(65-26-9-6-10-27-65)90(4)47-16-14-45-88(78,90)2)53-80(69)91(79(68)52-61)76-31-12-11-28-70(76)84-71-41-34-56-21-17-20-55-32-33-63(54-81(84)91)83(71)82(55)56/h5-12,17-43,48-54H,13-16,44-47H2,1-4H3. The molecule has 15 aromatic rings. The molecule has 4 atom stereocenters. The van der Waals surface area contributed by atoms with E-state index in [4.69, 9.17) is 0 Å². The molecule has 0 amide bonds. The third kappa shape index (κ3) is 6.46. The smallest absolute Gasteiger partial charge is 0.0726 e. The van der Waals surface area contributed by atoms with Crippen LogP contribution in [0, 0.1) is 0 Å². The highest BCUT2D eigenvalue weighted by atomic mass is 15.3. The van der Waals surface area contributed by atoms with Gasteiger partial charge in [-0.15, -0.1) is 0 Å². The Balaban J connectivity index is 0.784. The van der Waals surface area contributed by atoms with E-state index >= 15 is 0 Å². The number of fused-ring (bicyclic) bond motifs is 23. The van der Waals surface area contributed by atoms with Crippen molar-refractivity contribution in [3.63, 3.8) is 0 Å². The van der Waals surface area contributed by atoms with E-state index in [0.29, 0.717) is 0 Å². The van der Waals surface area contributed by atoms with Crippen LogP contribution in [-0.2, 0) is 16.2 Å². The molecule has 4 unspecified atom stereocenters. The minimum atomic E-state index is -0.628. The second-order valence-corrected chi connectivity index (χ2v) is 29.6. The Kier molecular flexibility index (Phi) is 10.3. The number of hydrogen-bond acceptors (Lipinski definition) is 2. The SMILES string of the molecule is CC12CCCCC1(C)N(c1ccccc1)c1c2ccc2cc3c(-c4ccc5c(c4)C4(c6cc(-c7cccc8cc9c%10c(ccc9cc78)C7(C)CCCCC7(C)N%10c7ccccc7)ccc6-5)c5ccccc5-c5c4cc4ccc6cccc7ccc5c4c67)cccc3cc12. The van der Waals surface area contributed by atoms with Crippen LogP contribution in [0.3, 0.4) is 0 Å². The summed E-state index contributed by atoms with van der Waals surface area (Å²) in [6.07, 6.45) is 9.79. The molecule has 4 aliphatic carbocycles. The summed E-state index contributed by atoms with van der Waals surface area (Å²) >= 11 is 0. The molecule has 6 aliphatic rings. The fourth-order valence-electron chi connectivity index (χ4n) is 20.9. The van der Waals surface area contributed by atoms with Gasteiger partial charge in [-0.3, -0.25) is 0 Å². The lowest BCUT2D eigenvalue weighted by molar-refractivity contribution is 0.195. The Labute approximate surface area is 543 Å². The molecule has 2 nitrogen and oxygen atoms in total. The van der Waals surface area contributed by atoms with Crippen LogP contribution >= 0.6 is 0 Å². The largest absolute Gasteiger partial charge is 0.334 e. The van der Waals surface area contributed by atoms with Crippen LogP contribution in [0.1, 0.15) is 112 Å². The molecule has 93 heavy (non-hydrogen) atoms. The molecule has 2 heterocycles. The molecule has 0 bridgehead atoms. The van der Waals surface area contributed by atoms with Gasteiger partial charge in [-0.25, -0.2) is 0 Å². The highest BCUT2D eigenvalue weighted by Crippen LogP contribution is 2.68. The molecular weight excluding hydrogens is 1120 g/mol. The van der Waals surface area contributed by atoms with Gasteiger partial charge in [0.25, 0.3) is 0 Å². The third-order valence-corrected chi connectivity index (χ3v) is 25.6. The zero-order chi connectivity index (χ0) is 61.5. The van der Waals surface area contributed by atoms with Gasteiger partial charge in [0.05, 0.1) is 27.9 Å². The maximum absolute atomic E-state index is 2.76. The van der Waals surface area contributed by atoms with E-state index in [9.17, 15) is 0 Å². The number of nitrogens with zero attached hydrogens (tertiary/aromatic N) is 2. The molecule has 444 valence electrons. The Hall–Kier alpha value is -10.0. The van der Waals surface area contributed by atoms with E-state index in [-0.39, 0.29) is 21.9 Å². The minimum Gasteiger partial charge on any atom is -0.334 e. The van der Waals surface area contributed by atoms with Crippen LogP contribution in [0.4, 0.5) is 22.7 Å². The highest BCUT2D eigenvalue weighted by molar-refractivity contribution is 6.27. The molecule has 2 fully saturated rings. The number of rotatable bonds is 4. The summed E-state index contributed by atoms with van der Waals surface area (Å²) < 4.78 is 0. The molecule has 2 aliphatic heterocycles. The molecular formula is C91H70N2. The van der Waals surface area contributed by atoms with E-state index in [1.807, 2.05) is 0 Å². The zero-order valence-corrected chi connectivity index (χ0v) is 53.3. The predicted molar refractivity (Wildman–Crippen MR) is 393 cm³/mol. The highest BCUT2D eigenvalue weighted by Gasteiger charge is 2.60. The summed E-state index contributed by atoms with van der Waals surface area (Å²) in [4.78, 5) is 5.51. The van der Waals surface area contributed by atoms with Crippen LogP contribution in [-0.4, -0.2) is 11.1 Å². The lowest BCUT2D eigenvalue weighted by Gasteiger charge is -2.50. The monoisotopic (exact) mass is 1190 g/mol. The van der Waals surface area contributed by atoms with Gasteiger partial charge in [-0.1, -0.05) is 228 Å². The third-order valence-electron chi connectivity index (χ3n) is 25.6. The molecule has 21 rings (SSSR count). The van der Waals surface area contributed by atoms with E-state index < -0.39 is 5.41 Å². The number of para-hydroxylation sites is 2. The first kappa shape index (κ1) is 52.6. The van der Waals surface area contributed by atoms with Gasteiger partial charge in [0, 0.05) is 33.0 Å². The quantitative estimate of drug-likeness (QED) is 0.128. The topological polar surface area (TPSA) is 6.48 Å². The van der Waals surface area contributed by atoms with Crippen molar-refractivity contribution < 1.29 is 0 Å². The summed E-state index contributed by atoms with van der Waals surface area (Å²) in [5, 5.41) is 18.3. The Morgan fingerprint density at radius 2 is 0.710 bits per heavy atom. The molecule has 2 saturated carbocycles. The van der Waals surface area contributed by atoms with Crippen LogP contribution in [0.2, 0.25) is 0 Å². The summed E-state index contributed by atoms with van der Waals surface area (Å²) in [7, 11) is 0. The van der Waals surface area contributed by atoms with Gasteiger partial charge in [0.15, 0.2) is 0 Å². The van der Waals surface area contributed by atoms with Gasteiger partial charge in [0.1, 0.15) is 0 Å². The van der Waals surface area contributed by atoms with Gasteiger partial charge in [0.2, 0.25) is 0 Å². The van der Waals surface area contributed by atoms with Crippen molar-refractivity contribution in [2.24, 2.45) is 0 Å². The van der Waals surface area contributed by atoms with Gasteiger partial charge < -0.3 is 9.80 Å². The summed E-state index contributed by atoms with van der Waals surface area (Å²) in [5.74, 6) is 0. The van der Waals surface area contributed by atoms with E-state index in [0.717, 1.165) is 0 Å². The normalized spacial score (nSPS) is 23.1. The molecule has 1 spiro atoms. The summed E-state index contributed by atoms with van der Waals surface area (Å²) in [6.45, 7) is 10.2. The first-order valence-corrected chi connectivity index (χ1v) is 34.4. The fraction of sp³-hybridized carbons (Fsp3) is 0.187. The average molecular weight is 1190 g/mol. The van der Waals surface area contributed by atoms with Gasteiger partial charge >= 0.3 is 0 Å². The van der Waals surface area contributed by atoms with E-state index in [2.05, 4.69) is 292 Å². The van der Waals surface area contributed by atoms with Crippen molar-refractivity contribution in [2.45, 2.75) is 106 Å². The fourth-order valence-corrected chi connectivity index (χ4v) is 20.9. The zero-order valence-electron chi connectivity index (χ0n) is 53.3. The van der Waals surface area contributed by atoms with Crippen molar-refractivity contribution in [3.8, 4) is 44.5 Å². The van der Waals surface area contributed by atoms with Crippen molar-refractivity contribution in [1.29, 1.82) is 0 Å².